The Hall–Kier alpha value is -1.92. The van der Waals surface area contributed by atoms with E-state index in [-0.39, 0.29) is 12.4 Å². The van der Waals surface area contributed by atoms with Gasteiger partial charge in [0.2, 0.25) is 0 Å². The Labute approximate surface area is 135 Å². The first-order valence-electron chi connectivity index (χ1n) is 8.02. The number of aliphatic hydroxyl groups excluding tert-OH is 1. The number of ketones is 1. The highest BCUT2D eigenvalue weighted by molar-refractivity contribution is 5.99. The number of aromatic nitrogens is 2. The molecule has 0 unspecified atom stereocenters. The van der Waals surface area contributed by atoms with Crippen molar-refractivity contribution in [1.82, 2.24) is 14.6 Å². The predicted molar refractivity (Wildman–Crippen MR) is 86.1 cm³/mol. The van der Waals surface area contributed by atoms with Crippen LogP contribution in [0, 0.1) is 20.8 Å². The summed E-state index contributed by atoms with van der Waals surface area (Å²) < 4.78 is 7.08. The van der Waals surface area contributed by atoms with Crippen molar-refractivity contribution in [3.63, 3.8) is 0 Å². The molecule has 0 bridgehead atoms. The minimum atomic E-state index is 0.0843. The van der Waals surface area contributed by atoms with Gasteiger partial charge in [0.1, 0.15) is 5.76 Å². The number of hydrogen-bond acceptors (Lipinski definition) is 5. The molecule has 2 aromatic rings. The number of rotatable bonds is 7. The van der Waals surface area contributed by atoms with E-state index in [1.165, 1.54) is 0 Å². The van der Waals surface area contributed by atoms with Crippen molar-refractivity contribution in [1.29, 1.82) is 0 Å². The van der Waals surface area contributed by atoms with Crippen LogP contribution in [-0.4, -0.2) is 51.3 Å². The summed E-state index contributed by atoms with van der Waals surface area (Å²) in [6.45, 7) is 6.73. The third kappa shape index (κ3) is 3.23. The number of aryl methyl sites for hydroxylation is 2. The van der Waals surface area contributed by atoms with Gasteiger partial charge in [-0.15, -0.1) is 0 Å². The molecule has 6 heteroatoms. The lowest BCUT2D eigenvalue weighted by Crippen LogP contribution is -2.34. The van der Waals surface area contributed by atoms with E-state index < -0.39 is 0 Å². The molecule has 0 spiro atoms. The highest BCUT2D eigenvalue weighted by Gasteiger charge is 2.30. The molecule has 1 aliphatic carbocycles. The molecule has 6 nitrogen and oxygen atoms in total. The number of hydrogen-bond donors (Lipinski definition) is 1. The molecule has 124 valence electrons. The first-order chi connectivity index (χ1) is 11.0. The van der Waals surface area contributed by atoms with Crippen molar-refractivity contribution in [3.05, 3.63) is 34.8 Å². The summed E-state index contributed by atoms with van der Waals surface area (Å²) in [5, 5.41) is 13.2. The monoisotopic (exact) mass is 317 g/mol. The van der Waals surface area contributed by atoms with Crippen LogP contribution in [0.15, 0.2) is 16.7 Å². The van der Waals surface area contributed by atoms with Crippen LogP contribution in [0.25, 0.3) is 5.82 Å². The van der Waals surface area contributed by atoms with E-state index in [1.54, 1.807) is 0 Å². The SMILES string of the molecule is Cc1cc(-n2c(C)cc(C(=O)CN(CCO)C3CC3)c2C)no1. The van der Waals surface area contributed by atoms with Gasteiger partial charge in [-0.05, 0) is 39.7 Å². The molecule has 2 heterocycles. The van der Waals surface area contributed by atoms with Crippen LogP contribution in [0.1, 0.15) is 40.3 Å². The molecule has 0 atom stereocenters. The van der Waals surface area contributed by atoms with E-state index >= 15 is 0 Å². The van der Waals surface area contributed by atoms with E-state index in [4.69, 9.17) is 4.52 Å². The third-order valence-corrected chi connectivity index (χ3v) is 4.37. The third-order valence-electron chi connectivity index (χ3n) is 4.37. The molecule has 0 aromatic carbocycles. The van der Waals surface area contributed by atoms with Gasteiger partial charge in [-0.1, -0.05) is 5.16 Å². The molecule has 1 N–H and O–H groups in total. The van der Waals surface area contributed by atoms with Crippen molar-refractivity contribution in [3.8, 4) is 5.82 Å². The Morgan fingerprint density at radius 2 is 2.13 bits per heavy atom. The largest absolute Gasteiger partial charge is 0.395 e. The fraction of sp³-hybridized carbons (Fsp3) is 0.529. The predicted octanol–water partition coefficient (Wildman–Crippen LogP) is 2.03. The summed E-state index contributed by atoms with van der Waals surface area (Å²) in [7, 11) is 0. The quantitative estimate of drug-likeness (QED) is 0.791. The number of aliphatic hydroxyl groups is 1. The number of carbonyl (C=O) groups is 1. The first-order valence-corrected chi connectivity index (χ1v) is 8.02. The van der Waals surface area contributed by atoms with Crippen molar-refractivity contribution in [2.24, 2.45) is 0 Å². The van der Waals surface area contributed by atoms with E-state index in [1.807, 2.05) is 37.5 Å². The molecule has 3 rings (SSSR count). The molecule has 1 saturated carbocycles. The maximum Gasteiger partial charge on any atom is 0.180 e. The molecule has 1 fully saturated rings. The minimum absolute atomic E-state index is 0.0843. The van der Waals surface area contributed by atoms with Gasteiger partial charge in [0.25, 0.3) is 0 Å². The zero-order valence-electron chi connectivity index (χ0n) is 13.9. The van der Waals surface area contributed by atoms with Gasteiger partial charge in [0.05, 0.1) is 13.2 Å². The van der Waals surface area contributed by atoms with E-state index in [0.717, 1.165) is 30.0 Å². The topological polar surface area (TPSA) is 71.5 Å². The highest BCUT2D eigenvalue weighted by atomic mass is 16.5. The van der Waals surface area contributed by atoms with Crippen molar-refractivity contribution in [2.45, 2.75) is 39.7 Å². The smallest absolute Gasteiger partial charge is 0.180 e. The van der Waals surface area contributed by atoms with Gasteiger partial charge < -0.3 is 9.63 Å². The Bertz CT molecular complexity index is 713. The molecule has 1 aliphatic rings. The average Bonchev–Trinajstić information content (AvgIpc) is 3.20. The van der Waals surface area contributed by atoms with Gasteiger partial charge in [0, 0.05) is 35.6 Å². The van der Waals surface area contributed by atoms with Crippen LogP contribution < -0.4 is 0 Å². The molecular weight excluding hydrogens is 294 g/mol. The minimum Gasteiger partial charge on any atom is -0.395 e. The zero-order valence-corrected chi connectivity index (χ0v) is 13.9. The highest BCUT2D eigenvalue weighted by Crippen LogP contribution is 2.27. The lowest BCUT2D eigenvalue weighted by Gasteiger charge is -2.19. The lowest BCUT2D eigenvalue weighted by atomic mass is 10.1. The normalized spacial score (nSPS) is 14.7. The second-order valence-corrected chi connectivity index (χ2v) is 6.26. The van der Waals surface area contributed by atoms with Crippen LogP contribution >= 0.6 is 0 Å². The summed E-state index contributed by atoms with van der Waals surface area (Å²) in [6, 6.07) is 4.22. The van der Waals surface area contributed by atoms with Gasteiger partial charge in [0.15, 0.2) is 11.6 Å². The number of carbonyl (C=O) groups excluding carboxylic acids is 1. The van der Waals surface area contributed by atoms with Gasteiger partial charge in [-0.25, -0.2) is 0 Å². The van der Waals surface area contributed by atoms with Crippen molar-refractivity contribution in [2.75, 3.05) is 19.7 Å². The Morgan fingerprint density at radius 1 is 1.39 bits per heavy atom. The van der Waals surface area contributed by atoms with Crippen LogP contribution in [0.4, 0.5) is 0 Å². The van der Waals surface area contributed by atoms with Gasteiger partial charge in [-0.3, -0.25) is 14.3 Å². The van der Waals surface area contributed by atoms with Gasteiger partial charge >= 0.3 is 0 Å². The summed E-state index contributed by atoms with van der Waals surface area (Å²) in [4.78, 5) is 14.8. The van der Waals surface area contributed by atoms with Crippen molar-refractivity contribution < 1.29 is 14.4 Å². The second-order valence-electron chi connectivity index (χ2n) is 6.26. The standard InChI is InChI=1S/C17H23N3O3/c1-11-8-15(13(3)20(11)17-9-12(2)23-18-17)16(22)10-19(6-7-21)14-4-5-14/h8-9,14,21H,4-7,10H2,1-3H3. The Kier molecular flexibility index (Phi) is 4.37. The number of Topliss-reactive ketones (excluding diaryl/α,β-unsaturated/α-hetero) is 1. The average molecular weight is 317 g/mol. The van der Waals surface area contributed by atoms with E-state index in [2.05, 4.69) is 10.1 Å². The van der Waals surface area contributed by atoms with E-state index in [0.29, 0.717) is 30.5 Å². The summed E-state index contributed by atoms with van der Waals surface area (Å²) in [6.07, 6.45) is 2.23. The van der Waals surface area contributed by atoms with Crippen LogP contribution in [-0.2, 0) is 0 Å². The lowest BCUT2D eigenvalue weighted by molar-refractivity contribution is 0.0906. The first kappa shape index (κ1) is 16.0. The fourth-order valence-electron chi connectivity index (χ4n) is 3.08. The molecule has 2 aromatic heterocycles. The van der Waals surface area contributed by atoms with Gasteiger partial charge in [-0.2, -0.15) is 0 Å². The maximum absolute atomic E-state index is 12.7. The molecule has 0 aliphatic heterocycles. The van der Waals surface area contributed by atoms with E-state index in [9.17, 15) is 9.90 Å². The molecule has 0 amide bonds. The number of nitrogens with zero attached hydrogens (tertiary/aromatic N) is 3. The molecule has 0 saturated heterocycles. The Morgan fingerprint density at radius 3 is 2.70 bits per heavy atom. The second kappa shape index (κ2) is 6.29. The summed E-state index contributed by atoms with van der Waals surface area (Å²) in [5.41, 5.74) is 2.55. The van der Waals surface area contributed by atoms with Crippen LogP contribution in [0.5, 0.6) is 0 Å². The van der Waals surface area contributed by atoms with Crippen molar-refractivity contribution >= 4 is 5.78 Å². The zero-order chi connectivity index (χ0) is 16.6. The molecular formula is C17H23N3O3. The fourth-order valence-corrected chi connectivity index (χ4v) is 3.08. The summed E-state index contributed by atoms with van der Waals surface area (Å²) >= 11 is 0. The Balaban J connectivity index is 1.84. The molecule has 23 heavy (non-hydrogen) atoms. The molecule has 0 radical (unpaired) electrons. The summed E-state index contributed by atoms with van der Waals surface area (Å²) in [5.74, 6) is 1.53. The van der Waals surface area contributed by atoms with Crippen LogP contribution in [0.3, 0.4) is 0 Å². The maximum atomic E-state index is 12.7. The van der Waals surface area contributed by atoms with Crippen LogP contribution in [0.2, 0.25) is 0 Å².